The van der Waals surface area contributed by atoms with Crippen LogP contribution < -0.4 is 0 Å². The van der Waals surface area contributed by atoms with Crippen molar-refractivity contribution in [2.24, 2.45) is 0 Å². The molecule has 0 aliphatic carbocycles. The Bertz CT molecular complexity index is 363. The van der Waals surface area contributed by atoms with E-state index < -0.39 is 5.97 Å². The predicted molar refractivity (Wildman–Crippen MR) is 72.9 cm³/mol. The molecule has 3 heteroatoms. The Kier molecular flexibility index (Phi) is 6.12. The molecule has 0 aromatic heterocycles. The number of rotatable bonds is 7. The van der Waals surface area contributed by atoms with Crippen LogP contribution >= 0.6 is 11.8 Å². The van der Waals surface area contributed by atoms with Gasteiger partial charge in [-0.1, -0.05) is 38.8 Å². The van der Waals surface area contributed by atoms with Crippen molar-refractivity contribution in [2.75, 3.05) is 0 Å². The molecule has 1 atom stereocenters. The van der Waals surface area contributed by atoms with Gasteiger partial charge in [-0.05, 0) is 25.0 Å². The fourth-order valence-corrected chi connectivity index (χ4v) is 2.95. The number of hydrogen-bond donors (Lipinski definition) is 1. The van der Waals surface area contributed by atoms with Gasteiger partial charge < -0.3 is 5.11 Å². The lowest BCUT2D eigenvalue weighted by Crippen LogP contribution is -2.04. The summed E-state index contributed by atoms with van der Waals surface area (Å²) in [6, 6.07) is 7.27. The molecule has 0 spiro atoms. The molecule has 0 heterocycles. The molecular formula is C14H20O2S. The summed E-state index contributed by atoms with van der Waals surface area (Å²) in [5.41, 5.74) is 0.424. The third-order valence-electron chi connectivity index (χ3n) is 2.75. The van der Waals surface area contributed by atoms with Crippen LogP contribution in [-0.2, 0) is 0 Å². The van der Waals surface area contributed by atoms with E-state index in [1.807, 2.05) is 12.1 Å². The number of aromatic carboxylic acids is 1. The van der Waals surface area contributed by atoms with Gasteiger partial charge >= 0.3 is 5.97 Å². The second-order valence-corrected chi connectivity index (χ2v) is 5.43. The summed E-state index contributed by atoms with van der Waals surface area (Å²) in [7, 11) is 0. The number of carboxylic acid groups (broad SMARTS) is 1. The van der Waals surface area contributed by atoms with Gasteiger partial charge in [0.25, 0.3) is 0 Å². The van der Waals surface area contributed by atoms with Crippen LogP contribution in [0.4, 0.5) is 0 Å². The minimum atomic E-state index is -0.835. The molecule has 0 saturated heterocycles. The number of benzene rings is 1. The lowest BCUT2D eigenvalue weighted by Gasteiger charge is -2.15. The van der Waals surface area contributed by atoms with Gasteiger partial charge in [0.1, 0.15) is 0 Å². The molecule has 1 rings (SSSR count). The van der Waals surface area contributed by atoms with E-state index in [0.717, 1.165) is 17.7 Å². The first-order valence-electron chi connectivity index (χ1n) is 6.18. The molecule has 1 unspecified atom stereocenters. The van der Waals surface area contributed by atoms with Crippen molar-refractivity contribution in [1.29, 1.82) is 0 Å². The van der Waals surface area contributed by atoms with Gasteiger partial charge in [0, 0.05) is 10.1 Å². The summed E-state index contributed by atoms with van der Waals surface area (Å²) in [6.07, 6.45) is 4.64. The zero-order valence-corrected chi connectivity index (χ0v) is 11.3. The average molecular weight is 252 g/mol. The predicted octanol–water partition coefficient (Wildman–Crippen LogP) is 4.45. The lowest BCUT2D eigenvalue weighted by atomic mass is 10.2. The van der Waals surface area contributed by atoms with Crippen molar-refractivity contribution < 1.29 is 9.90 Å². The van der Waals surface area contributed by atoms with E-state index in [-0.39, 0.29) is 0 Å². The number of thioether (sulfide) groups is 1. The van der Waals surface area contributed by atoms with Gasteiger partial charge in [-0.2, -0.15) is 0 Å². The zero-order valence-electron chi connectivity index (χ0n) is 10.5. The fourth-order valence-electron chi connectivity index (χ4n) is 1.70. The Labute approximate surface area is 107 Å². The first-order valence-corrected chi connectivity index (χ1v) is 7.06. The van der Waals surface area contributed by atoms with Crippen LogP contribution in [0.5, 0.6) is 0 Å². The molecule has 17 heavy (non-hydrogen) atoms. The van der Waals surface area contributed by atoms with Crippen LogP contribution in [-0.4, -0.2) is 16.3 Å². The Morgan fingerprint density at radius 3 is 2.65 bits per heavy atom. The Balaban J connectivity index is 2.75. The zero-order chi connectivity index (χ0) is 12.7. The van der Waals surface area contributed by atoms with E-state index >= 15 is 0 Å². The standard InChI is InChI=1S/C14H20O2S/c1-3-5-8-11(4-2)17-13-10-7-6-9-12(13)14(15)16/h6-7,9-11H,3-5,8H2,1-2H3,(H,15,16). The van der Waals surface area contributed by atoms with E-state index in [1.54, 1.807) is 23.9 Å². The maximum atomic E-state index is 11.1. The highest BCUT2D eigenvalue weighted by molar-refractivity contribution is 8.00. The number of hydrogen-bond acceptors (Lipinski definition) is 2. The van der Waals surface area contributed by atoms with Gasteiger partial charge in [-0.15, -0.1) is 11.8 Å². The third-order valence-corrected chi connectivity index (χ3v) is 4.26. The molecule has 0 saturated carbocycles. The van der Waals surface area contributed by atoms with Gasteiger partial charge in [-0.3, -0.25) is 0 Å². The molecule has 0 fully saturated rings. The molecular weight excluding hydrogens is 232 g/mol. The molecule has 0 aliphatic rings. The molecule has 2 nitrogen and oxygen atoms in total. The molecule has 1 aromatic rings. The maximum Gasteiger partial charge on any atom is 0.336 e. The topological polar surface area (TPSA) is 37.3 Å². The van der Waals surface area contributed by atoms with E-state index in [9.17, 15) is 4.79 Å². The van der Waals surface area contributed by atoms with Crippen LogP contribution in [0.15, 0.2) is 29.2 Å². The largest absolute Gasteiger partial charge is 0.478 e. The van der Waals surface area contributed by atoms with E-state index in [1.165, 1.54) is 12.8 Å². The van der Waals surface area contributed by atoms with Gasteiger partial charge in [0.15, 0.2) is 0 Å². The molecule has 1 N–H and O–H groups in total. The Morgan fingerprint density at radius 2 is 2.06 bits per heavy atom. The lowest BCUT2D eigenvalue weighted by molar-refractivity contribution is 0.0693. The van der Waals surface area contributed by atoms with E-state index in [2.05, 4.69) is 13.8 Å². The fraction of sp³-hybridized carbons (Fsp3) is 0.500. The first-order chi connectivity index (χ1) is 8.19. The van der Waals surface area contributed by atoms with Crippen LogP contribution in [0, 0.1) is 0 Å². The van der Waals surface area contributed by atoms with Crippen molar-refractivity contribution in [1.82, 2.24) is 0 Å². The van der Waals surface area contributed by atoms with Gasteiger partial charge in [0.2, 0.25) is 0 Å². The summed E-state index contributed by atoms with van der Waals surface area (Å²) in [5, 5.41) is 9.64. The van der Waals surface area contributed by atoms with Gasteiger partial charge in [0.05, 0.1) is 5.56 Å². The van der Waals surface area contributed by atoms with E-state index in [4.69, 9.17) is 5.11 Å². The molecule has 0 radical (unpaired) electrons. The Hall–Kier alpha value is -0.960. The highest BCUT2D eigenvalue weighted by Crippen LogP contribution is 2.31. The molecule has 0 bridgehead atoms. The first kappa shape index (κ1) is 14.1. The van der Waals surface area contributed by atoms with Gasteiger partial charge in [-0.25, -0.2) is 4.79 Å². The van der Waals surface area contributed by atoms with Crippen molar-refractivity contribution in [3.63, 3.8) is 0 Å². The summed E-state index contributed by atoms with van der Waals surface area (Å²) in [6.45, 7) is 4.35. The highest BCUT2D eigenvalue weighted by Gasteiger charge is 2.14. The highest BCUT2D eigenvalue weighted by atomic mass is 32.2. The van der Waals surface area contributed by atoms with Crippen molar-refractivity contribution in [2.45, 2.75) is 49.7 Å². The second kappa shape index (κ2) is 7.38. The molecule has 94 valence electrons. The Morgan fingerprint density at radius 1 is 1.35 bits per heavy atom. The van der Waals surface area contributed by atoms with Crippen molar-refractivity contribution in [3.8, 4) is 0 Å². The molecule has 0 aliphatic heterocycles. The van der Waals surface area contributed by atoms with Crippen LogP contribution in [0.25, 0.3) is 0 Å². The quantitative estimate of drug-likeness (QED) is 0.729. The van der Waals surface area contributed by atoms with Crippen LogP contribution in [0.3, 0.4) is 0 Å². The SMILES string of the molecule is CCCCC(CC)Sc1ccccc1C(=O)O. The second-order valence-electron chi connectivity index (χ2n) is 4.09. The minimum Gasteiger partial charge on any atom is -0.478 e. The van der Waals surface area contributed by atoms with Crippen LogP contribution in [0.2, 0.25) is 0 Å². The summed E-state index contributed by atoms with van der Waals surface area (Å²) >= 11 is 1.70. The summed E-state index contributed by atoms with van der Waals surface area (Å²) in [4.78, 5) is 12.0. The van der Waals surface area contributed by atoms with Crippen molar-refractivity contribution in [3.05, 3.63) is 29.8 Å². The van der Waals surface area contributed by atoms with E-state index in [0.29, 0.717) is 10.8 Å². The van der Waals surface area contributed by atoms with Crippen molar-refractivity contribution >= 4 is 17.7 Å². The number of unbranched alkanes of at least 4 members (excludes halogenated alkanes) is 1. The normalized spacial score (nSPS) is 12.4. The minimum absolute atomic E-state index is 0.424. The molecule has 0 amide bonds. The van der Waals surface area contributed by atoms with Crippen LogP contribution in [0.1, 0.15) is 49.9 Å². The molecule has 1 aromatic carbocycles. The number of carbonyl (C=O) groups is 1. The third kappa shape index (κ3) is 4.43. The summed E-state index contributed by atoms with van der Waals surface area (Å²) in [5.74, 6) is -0.835. The monoisotopic (exact) mass is 252 g/mol. The summed E-state index contributed by atoms with van der Waals surface area (Å²) < 4.78 is 0. The average Bonchev–Trinajstić information content (AvgIpc) is 2.34. The number of carboxylic acids is 1. The smallest absolute Gasteiger partial charge is 0.336 e. The maximum absolute atomic E-state index is 11.1.